The number of rotatable bonds is 7. The molecule has 0 N–H and O–H groups in total. The molecule has 1 aliphatic carbocycles. The van der Waals surface area contributed by atoms with Crippen LogP contribution in [0.3, 0.4) is 0 Å². The number of hydrogen-bond acceptors (Lipinski definition) is 3. The molecule has 3 nitrogen and oxygen atoms in total. The fraction of sp³-hybridized carbons (Fsp3) is 0.421. The molecule has 0 spiro atoms. The normalized spacial score (nSPS) is 15.3. The van der Waals surface area contributed by atoms with Crippen molar-refractivity contribution < 1.29 is 13.6 Å². The first kappa shape index (κ1) is 17.1. The quantitative estimate of drug-likeness (QED) is 0.727. The zero-order valence-corrected chi connectivity index (χ0v) is 14.8. The summed E-state index contributed by atoms with van der Waals surface area (Å²) in [5, 5.41) is 0.154. The van der Waals surface area contributed by atoms with Crippen molar-refractivity contribution in [2.75, 3.05) is 5.75 Å². The lowest BCUT2D eigenvalue weighted by Gasteiger charge is -2.22. The number of carbonyl (C=O) groups is 1. The third-order valence-electron chi connectivity index (χ3n) is 4.23. The second kappa shape index (κ2) is 7.43. The molecule has 1 amide bonds. The molecule has 1 fully saturated rings. The predicted molar refractivity (Wildman–Crippen MR) is 94.3 cm³/mol. The summed E-state index contributed by atoms with van der Waals surface area (Å²) in [5.41, 5.74) is 1.04. The van der Waals surface area contributed by atoms with Gasteiger partial charge in [-0.15, -0.1) is 11.8 Å². The summed E-state index contributed by atoms with van der Waals surface area (Å²) in [6, 6.07) is 10.7. The summed E-state index contributed by atoms with van der Waals surface area (Å²) >= 11 is 1.59. The molecule has 5 heteroatoms. The van der Waals surface area contributed by atoms with Crippen molar-refractivity contribution in [3.05, 3.63) is 59.3 Å². The molecule has 0 saturated heterocycles. The minimum Gasteiger partial charge on any atom is -0.464 e. The molecule has 128 valence electrons. The van der Waals surface area contributed by atoms with Crippen molar-refractivity contribution in [3.8, 4) is 0 Å². The maximum atomic E-state index is 13.0. The van der Waals surface area contributed by atoms with E-state index in [2.05, 4.69) is 0 Å². The van der Waals surface area contributed by atoms with Gasteiger partial charge in [0, 0.05) is 11.3 Å². The predicted octanol–water partition coefficient (Wildman–Crippen LogP) is 4.71. The van der Waals surface area contributed by atoms with Crippen LogP contribution in [0.2, 0.25) is 0 Å². The Morgan fingerprint density at radius 1 is 1.29 bits per heavy atom. The van der Waals surface area contributed by atoms with Crippen molar-refractivity contribution >= 4 is 17.7 Å². The second-order valence-corrected chi connectivity index (χ2v) is 7.60. The molecule has 1 heterocycles. The van der Waals surface area contributed by atoms with Gasteiger partial charge in [0.15, 0.2) is 0 Å². The molecule has 1 aliphatic rings. The SMILES string of the molecule is Cc1ccc(CN(C(=O)CSC(C)c2ccc(F)cc2)C2CC2)o1. The molecule has 1 atom stereocenters. The number of carbonyl (C=O) groups excluding carboxylic acids is 1. The first-order valence-electron chi connectivity index (χ1n) is 8.25. The van der Waals surface area contributed by atoms with Crippen LogP contribution in [0.15, 0.2) is 40.8 Å². The molecule has 1 saturated carbocycles. The second-order valence-electron chi connectivity index (χ2n) is 6.27. The van der Waals surface area contributed by atoms with Gasteiger partial charge < -0.3 is 9.32 Å². The van der Waals surface area contributed by atoms with Crippen LogP contribution in [0.4, 0.5) is 4.39 Å². The fourth-order valence-corrected chi connectivity index (χ4v) is 3.56. The first-order chi connectivity index (χ1) is 11.5. The minimum absolute atomic E-state index is 0.144. The molecular formula is C19H22FNO2S. The van der Waals surface area contributed by atoms with Crippen LogP contribution < -0.4 is 0 Å². The van der Waals surface area contributed by atoms with E-state index < -0.39 is 0 Å². The number of furan rings is 1. The fourth-order valence-electron chi connectivity index (χ4n) is 2.65. The van der Waals surface area contributed by atoms with Gasteiger partial charge in [0.05, 0.1) is 12.3 Å². The van der Waals surface area contributed by atoms with Crippen LogP contribution in [0.1, 0.15) is 42.1 Å². The van der Waals surface area contributed by atoms with Crippen LogP contribution in [0, 0.1) is 12.7 Å². The lowest BCUT2D eigenvalue weighted by Crippen LogP contribution is -2.34. The van der Waals surface area contributed by atoms with Gasteiger partial charge in [-0.3, -0.25) is 4.79 Å². The summed E-state index contributed by atoms with van der Waals surface area (Å²) in [7, 11) is 0. The highest BCUT2D eigenvalue weighted by Crippen LogP contribution is 2.32. The summed E-state index contributed by atoms with van der Waals surface area (Å²) in [5.74, 6) is 2.04. The van der Waals surface area contributed by atoms with Crippen molar-refractivity contribution in [2.24, 2.45) is 0 Å². The minimum atomic E-state index is -0.235. The van der Waals surface area contributed by atoms with Gasteiger partial charge in [-0.2, -0.15) is 0 Å². The lowest BCUT2D eigenvalue weighted by atomic mass is 10.2. The van der Waals surface area contributed by atoms with E-state index in [4.69, 9.17) is 4.42 Å². The first-order valence-corrected chi connectivity index (χ1v) is 9.29. The molecule has 1 unspecified atom stereocenters. The number of aryl methyl sites for hydroxylation is 1. The zero-order valence-electron chi connectivity index (χ0n) is 14.0. The van der Waals surface area contributed by atoms with Crippen molar-refractivity contribution in [3.63, 3.8) is 0 Å². The van der Waals surface area contributed by atoms with E-state index >= 15 is 0 Å². The van der Waals surface area contributed by atoms with Crippen molar-refractivity contribution in [1.82, 2.24) is 4.90 Å². The summed E-state index contributed by atoms with van der Waals surface area (Å²) in [6.45, 7) is 4.50. The number of thioether (sulfide) groups is 1. The van der Waals surface area contributed by atoms with E-state index in [1.54, 1.807) is 23.9 Å². The van der Waals surface area contributed by atoms with E-state index in [0.29, 0.717) is 18.3 Å². The third kappa shape index (κ3) is 4.41. The van der Waals surface area contributed by atoms with Gasteiger partial charge in [0.1, 0.15) is 17.3 Å². The topological polar surface area (TPSA) is 33.5 Å². The van der Waals surface area contributed by atoms with Gasteiger partial charge in [-0.25, -0.2) is 4.39 Å². The Morgan fingerprint density at radius 2 is 2.00 bits per heavy atom. The van der Waals surface area contributed by atoms with E-state index in [1.807, 2.05) is 30.9 Å². The van der Waals surface area contributed by atoms with E-state index in [1.165, 1.54) is 12.1 Å². The highest BCUT2D eigenvalue weighted by Gasteiger charge is 2.33. The summed E-state index contributed by atoms with van der Waals surface area (Å²) < 4.78 is 18.6. The summed E-state index contributed by atoms with van der Waals surface area (Å²) in [6.07, 6.45) is 2.15. The average molecular weight is 347 g/mol. The molecular weight excluding hydrogens is 325 g/mol. The Hall–Kier alpha value is -1.75. The number of benzene rings is 1. The Morgan fingerprint density at radius 3 is 2.58 bits per heavy atom. The molecule has 1 aromatic carbocycles. The van der Waals surface area contributed by atoms with Gasteiger partial charge in [0.2, 0.25) is 5.91 Å². The van der Waals surface area contributed by atoms with Crippen LogP contribution in [-0.4, -0.2) is 22.6 Å². The van der Waals surface area contributed by atoms with Gasteiger partial charge in [-0.05, 0) is 56.5 Å². The molecule has 0 radical (unpaired) electrons. The third-order valence-corrected chi connectivity index (χ3v) is 5.41. The van der Waals surface area contributed by atoms with Crippen LogP contribution in [0.25, 0.3) is 0 Å². The van der Waals surface area contributed by atoms with Crippen molar-refractivity contribution in [2.45, 2.75) is 44.5 Å². The Kier molecular flexibility index (Phi) is 5.29. The average Bonchev–Trinajstić information content (AvgIpc) is 3.33. The Balaban J connectivity index is 1.56. The van der Waals surface area contributed by atoms with Gasteiger partial charge in [-0.1, -0.05) is 12.1 Å². The molecule has 1 aromatic heterocycles. The maximum absolute atomic E-state index is 13.0. The highest BCUT2D eigenvalue weighted by atomic mass is 32.2. The maximum Gasteiger partial charge on any atom is 0.233 e. The summed E-state index contributed by atoms with van der Waals surface area (Å²) in [4.78, 5) is 14.6. The van der Waals surface area contributed by atoms with Gasteiger partial charge >= 0.3 is 0 Å². The number of hydrogen-bond donors (Lipinski definition) is 0. The van der Waals surface area contributed by atoms with Crippen LogP contribution in [-0.2, 0) is 11.3 Å². The number of halogens is 1. The van der Waals surface area contributed by atoms with Crippen LogP contribution in [0.5, 0.6) is 0 Å². The lowest BCUT2D eigenvalue weighted by molar-refractivity contribution is -0.129. The van der Waals surface area contributed by atoms with E-state index in [9.17, 15) is 9.18 Å². The Labute approximate surface area is 146 Å². The molecule has 2 aromatic rings. The molecule has 3 rings (SSSR count). The van der Waals surface area contributed by atoms with Crippen LogP contribution >= 0.6 is 11.8 Å². The smallest absolute Gasteiger partial charge is 0.233 e. The van der Waals surface area contributed by atoms with Gasteiger partial charge in [0.25, 0.3) is 0 Å². The van der Waals surface area contributed by atoms with Crippen molar-refractivity contribution in [1.29, 1.82) is 0 Å². The molecule has 0 aliphatic heterocycles. The van der Waals surface area contributed by atoms with E-state index in [-0.39, 0.29) is 17.0 Å². The number of nitrogens with zero attached hydrogens (tertiary/aromatic N) is 1. The number of amides is 1. The highest BCUT2D eigenvalue weighted by molar-refractivity contribution is 8.00. The largest absolute Gasteiger partial charge is 0.464 e. The standard InChI is InChI=1S/C19H22FNO2S/c1-13-3-10-18(23-13)11-21(17-8-9-17)19(22)12-24-14(2)15-4-6-16(20)7-5-15/h3-7,10,14,17H,8-9,11-12H2,1-2H3. The monoisotopic (exact) mass is 347 g/mol. The zero-order chi connectivity index (χ0) is 17.1. The Bertz CT molecular complexity index is 694. The molecule has 24 heavy (non-hydrogen) atoms. The molecule has 0 bridgehead atoms. The van der Waals surface area contributed by atoms with E-state index in [0.717, 1.165) is 29.9 Å².